The van der Waals surface area contributed by atoms with Crippen LogP contribution in [-0.4, -0.2) is 35.8 Å². The largest absolute Gasteiger partial charge is 0.496 e. The second kappa shape index (κ2) is 5.90. The lowest BCUT2D eigenvalue weighted by atomic mass is 10.3. The number of aliphatic hydroxyl groups excluding tert-OH is 2. The number of thioether (sulfide) groups is 1. The second-order valence-corrected chi connectivity index (χ2v) is 3.86. The number of ether oxygens (including phenoxy) is 1. The summed E-state index contributed by atoms with van der Waals surface area (Å²) in [5.74, 6) is 1.26. The van der Waals surface area contributed by atoms with E-state index in [1.165, 1.54) is 11.8 Å². The molecule has 2 N–H and O–H groups in total. The molecule has 1 rings (SSSR count). The lowest BCUT2D eigenvalue weighted by Crippen LogP contribution is -2.14. The maximum atomic E-state index is 9.17. The molecule has 0 amide bonds. The van der Waals surface area contributed by atoms with Crippen molar-refractivity contribution < 1.29 is 14.9 Å². The average molecular weight is 214 g/mol. The third kappa shape index (κ3) is 3.21. The fraction of sp³-hybridized carbons (Fsp3) is 0.400. The summed E-state index contributed by atoms with van der Waals surface area (Å²) in [6.45, 7) is -0.206. The van der Waals surface area contributed by atoms with Crippen molar-refractivity contribution >= 4 is 11.8 Å². The molecule has 14 heavy (non-hydrogen) atoms. The van der Waals surface area contributed by atoms with Crippen LogP contribution in [0.2, 0.25) is 0 Å². The Balaban J connectivity index is 2.57. The highest BCUT2D eigenvalue weighted by molar-refractivity contribution is 7.99. The number of aliphatic hydroxyl groups is 2. The molecule has 0 spiro atoms. The van der Waals surface area contributed by atoms with Crippen LogP contribution in [-0.2, 0) is 0 Å². The third-order valence-corrected chi connectivity index (χ3v) is 2.91. The van der Waals surface area contributed by atoms with E-state index in [1.807, 2.05) is 24.3 Å². The smallest absolute Gasteiger partial charge is 0.132 e. The number of methoxy groups -OCH3 is 1. The summed E-state index contributed by atoms with van der Waals surface area (Å²) < 4.78 is 5.15. The van der Waals surface area contributed by atoms with Gasteiger partial charge in [-0.15, -0.1) is 11.8 Å². The molecule has 1 atom stereocenters. The van der Waals surface area contributed by atoms with E-state index in [2.05, 4.69) is 0 Å². The van der Waals surface area contributed by atoms with Crippen molar-refractivity contribution in [2.45, 2.75) is 11.0 Å². The van der Waals surface area contributed by atoms with Crippen LogP contribution in [0, 0.1) is 0 Å². The summed E-state index contributed by atoms with van der Waals surface area (Å²) >= 11 is 1.47. The van der Waals surface area contributed by atoms with Crippen molar-refractivity contribution in [3.63, 3.8) is 0 Å². The van der Waals surface area contributed by atoms with E-state index in [0.717, 1.165) is 10.6 Å². The van der Waals surface area contributed by atoms with Gasteiger partial charge in [-0.05, 0) is 12.1 Å². The molecular weight excluding hydrogens is 200 g/mol. The summed E-state index contributed by atoms with van der Waals surface area (Å²) in [5.41, 5.74) is 0. The Morgan fingerprint density at radius 3 is 2.79 bits per heavy atom. The maximum absolute atomic E-state index is 9.17. The minimum absolute atomic E-state index is 0.206. The Morgan fingerprint density at radius 1 is 1.43 bits per heavy atom. The molecule has 0 aliphatic heterocycles. The maximum Gasteiger partial charge on any atom is 0.132 e. The minimum Gasteiger partial charge on any atom is -0.496 e. The highest BCUT2D eigenvalue weighted by atomic mass is 32.2. The van der Waals surface area contributed by atoms with Crippen LogP contribution in [0.5, 0.6) is 5.75 Å². The van der Waals surface area contributed by atoms with Crippen LogP contribution in [0.4, 0.5) is 0 Å². The monoisotopic (exact) mass is 214 g/mol. The lowest BCUT2D eigenvalue weighted by molar-refractivity contribution is 0.113. The van der Waals surface area contributed by atoms with Crippen molar-refractivity contribution in [3.05, 3.63) is 24.3 Å². The van der Waals surface area contributed by atoms with Crippen LogP contribution in [0.1, 0.15) is 0 Å². The first-order chi connectivity index (χ1) is 6.77. The van der Waals surface area contributed by atoms with Crippen molar-refractivity contribution in [2.24, 2.45) is 0 Å². The molecule has 78 valence electrons. The molecule has 4 heteroatoms. The van der Waals surface area contributed by atoms with E-state index < -0.39 is 6.10 Å². The first-order valence-electron chi connectivity index (χ1n) is 4.32. The molecule has 0 aromatic heterocycles. The molecule has 0 bridgehead atoms. The highest BCUT2D eigenvalue weighted by Gasteiger charge is 2.06. The predicted molar refractivity (Wildman–Crippen MR) is 56.8 cm³/mol. The van der Waals surface area contributed by atoms with Crippen LogP contribution >= 0.6 is 11.8 Å². The molecule has 1 aromatic rings. The first-order valence-corrected chi connectivity index (χ1v) is 5.31. The highest BCUT2D eigenvalue weighted by Crippen LogP contribution is 2.28. The molecule has 1 aromatic carbocycles. The van der Waals surface area contributed by atoms with E-state index >= 15 is 0 Å². The number of hydrogen-bond acceptors (Lipinski definition) is 4. The lowest BCUT2D eigenvalue weighted by Gasteiger charge is -2.09. The van der Waals surface area contributed by atoms with Gasteiger partial charge in [-0.2, -0.15) is 0 Å². The normalized spacial score (nSPS) is 12.5. The van der Waals surface area contributed by atoms with Crippen LogP contribution < -0.4 is 4.74 Å². The molecule has 0 saturated carbocycles. The van der Waals surface area contributed by atoms with E-state index in [9.17, 15) is 5.11 Å². The van der Waals surface area contributed by atoms with E-state index in [0.29, 0.717) is 5.75 Å². The zero-order valence-electron chi connectivity index (χ0n) is 8.01. The van der Waals surface area contributed by atoms with E-state index in [-0.39, 0.29) is 6.61 Å². The Labute approximate surface area is 87.7 Å². The molecule has 0 radical (unpaired) electrons. The van der Waals surface area contributed by atoms with Gasteiger partial charge in [0.1, 0.15) is 5.75 Å². The van der Waals surface area contributed by atoms with Crippen molar-refractivity contribution in [1.82, 2.24) is 0 Å². The molecular formula is C10H14O3S. The number of para-hydroxylation sites is 1. The van der Waals surface area contributed by atoms with Crippen molar-refractivity contribution in [1.29, 1.82) is 0 Å². The topological polar surface area (TPSA) is 49.7 Å². The van der Waals surface area contributed by atoms with Gasteiger partial charge in [0, 0.05) is 10.6 Å². The van der Waals surface area contributed by atoms with Crippen molar-refractivity contribution in [2.75, 3.05) is 19.5 Å². The molecule has 0 aliphatic rings. The first kappa shape index (κ1) is 11.4. The summed E-state index contributed by atoms with van der Waals surface area (Å²) in [4.78, 5) is 0.975. The Kier molecular flexibility index (Phi) is 4.79. The number of benzene rings is 1. The van der Waals surface area contributed by atoms with Gasteiger partial charge < -0.3 is 14.9 Å². The molecule has 0 aliphatic carbocycles. The fourth-order valence-corrected chi connectivity index (χ4v) is 1.92. The summed E-state index contributed by atoms with van der Waals surface area (Å²) in [7, 11) is 1.61. The molecule has 0 unspecified atom stereocenters. The zero-order chi connectivity index (χ0) is 10.4. The van der Waals surface area contributed by atoms with Gasteiger partial charge in [0.05, 0.1) is 19.8 Å². The van der Waals surface area contributed by atoms with Gasteiger partial charge in [-0.25, -0.2) is 0 Å². The Morgan fingerprint density at radius 2 is 2.14 bits per heavy atom. The fourth-order valence-electron chi connectivity index (χ4n) is 0.977. The summed E-state index contributed by atoms with van der Waals surface area (Å²) in [6, 6.07) is 7.60. The SMILES string of the molecule is COc1ccccc1SC[C@H](O)CO. The molecule has 0 heterocycles. The summed E-state index contributed by atoms with van der Waals surface area (Å²) in [5, 5.41) is 17.8. The van der Waals surface area contributed by atoms with E-state index in [4.69, 9.17) is 9.84 Å². The van der Waals surface area contributed by atoms with Gasteiger partial charge in [0.25, 0.3) is 0 Å². The Bertz CT molecular complexity index is 278. The van der Waals surface area contributed by atoms with Crippen LogP contribution in [0.15, 0.2) is 29.2 Å². The second-order valence-electron chi connectivity index (χ2n) is 2.80. The molecule has 0 fully saturated rings. The third-order valence-electron chi connectivity index (χ3n) is 1.71. The number of hydrogen-bond donors (Lipinski definition) is 2. The average Bonchev–Trinajstić information content (AvgIpc) is 2.26. The van der Waals surface area contributed by atoms with Crippen molar-refractivity contribution in [3.8, 4) is 5.75 Å². The molecule has 3 nitrogen and oxygen atoms in total. The van der Waals surface area contributed by atoms with Gasteiger partial charge in [0.15, 0.2) is 0 Å². The van der Waals surface area contributed by atoms with Crippen LogP contribution in [0.3, 0.4) is 0 Å². The zero-order valence-corrected chi connectivity index (χ0v) is 8.83. The Hall–Kier alpha value is -0.710. The van der Waals surface area contributed by atoms with Gasteiger partial charge in [-0.1, -0.05) is 12.1 Å². The number of rotatable bonds is 5. The standard InChI is InChI=1S/C10H14O3S/c1-13-9-4-2-3-5-10(9)14-7-8(12)6-11/h2-5,8,11-12H,6-7H2,1H3/t8-/m1/s1. The predicted octanol–water partition coefficient (Wildman–Crippen LogP) is 1.14. The minimum atomic E-state index is -0.676. The van der Waals surface area contributed by atoms with Crippen LogP contribution in [0.25, 0.3) is 0 Å². The summed E-state index contributed by atoms with van der Waals surface area (Å²) in [6.07, 6.45) is -0.676. The van der Waals surface area contributed by atoms with Gasteiger partial charge >= 0.3 is 0 Å². The quantitative estimate of drug-likeness (QED) is 0.722. The van der Waals surface area contributed by atoms with E-state index in [1.54, 1.807) is 7.11 Å². The van der Waals surface area contributed by atoms with Gasteiger partial charge in [-0.3, -0.25) is 0 Å². The molecule has 0 saturated heterocycles. The van der Waals surface area contributed by atoms with Gasteiger partial charge in [0.2, 0.25) is 0 Å².